The van der Waals surface area contributed by atoms with E-state index < -0.39 is 10.2 Å². The molecule has 1 atom stereocenters. The van der Waals surface area contributed by atoms with E-state index in [0.29, 0.717) is 25.0 Å². The summed E-state index contributed by atoms with van der Waals surface area (Å²) in [6.07, 6.45) is 4.55. The average Bonchev–Trinajstić information content (AvgIpc) is 2.90. The molecular formula is C10H21N3O2S. The van der Waals surface area contributed by atoms with Crippen LogP contribution in [0, 0.1) is 5.92 Å². The fraction of sp³-hybridized carbons (Fsp3) is 1.00. The van der Waals surface area contributed by atoms with Gasteiger partial charge in [0.2, 0.25) is 0 Å². The molecule has 2 fully saturated rings. The molecule has 1 heterocycles. The van der Waals surface area contributed by atoms with E-state index in [0.717, 1.165) is 19.4 Å². The Morgan fingerprint density at radius 3 is 2.69 bits per heavy atom. The first-order valence-corrected chi connectivity index (χ1v) is 7.46. The standard InChI is InChI=1S/C10H21N3O2S/c1-13(8-9-4-5-9)16(14,15)12-7-10-3-2-6-11-10/h9-12H,2-8H2,1H3. The van der Waals surface area contributed by atoms with Crippen LogP contribution in [0.15, 0.2) is 0 Å². The molecule has 2 rings (SSSR count). The number of rotatable bonds is 6. The maximum Gasteiger partial charge on any atom is 0.279 e. The van der Waals surface area contributed by atoms with Gasteiger partial charge in [-0.1, -0.05) is 0 Å². The maximum atomic E-state index is 11.8. The van der Waals surface area contributed by atoms with Crippen molar-refractivity contribution in [1.82, 2.24) is 14.3 Å². The highest BCUT2D eigenvalue weighted by atomic mass is 32.2. The molecule has 0 spiro atoms. The van der Waals surface area contributed by atoms with E-state index in [9.17, 15) is 8.42 Å². The Balaban J connectivity index is 1.76. The second-order valence-electron chi connectivity index (χ2n) is 4.87. The molecule has 16 heavy (non-hydrogen) atoms. The van der Waals surface area contributed by atoms with Gasteiger partial charge in [-0.05, 0) is 38.1 Å². The SMILES string of the molecule is CN(CC1CC1)S(=O)(=O)NCC1CCCN1. The van der Waals surface area contributed by atoms with Crippen LogP contribution in [-0.4, -0.2) is 45.4 Å². The lowest BCUT2D eigenvalue weighted by molar-refractivity contribution is 0.438. The normalized spacial score (nSPS) is 26.5. The predicted molar refractivity (Wildman–Crippen MR) is 63.3 cm³/mol. The van der Waals surface area contributed by atoms with E-state index in [4.69, 9.17) is 0 Å². The van der Waals surface area contributed by atoms with Gasteiger partial charge in [0.05, 0.1) is 0 Å². The van der Waals surface area contributed by atoms with Crippen molar-refractivity contribution in [3.8, 4) is 0 Å². The van der Waals surface area contributed by atoms with Gasteiger partial charge in [-0.2, -0.15) is 12.7 Å². The lowest BCUT2D eigenvalue weighted by atomic mass is 10.2. The third kappa shape index (κ3) is 3.41. The lowest BCUT2D eigenvalue weighted by Crippen LogP contribution is -2.44. The monoisotopic (exact) mass is 247 g/mol. The van der Waals surface area contributed by atoms with Crippen LogP contribution in [0.1, 0.15) is 25.7 Å². The van der Waals surface area contributed by atoms with Gasteiger partial charge in [0.15, 0.2) is 0 Å². The van der Waals surface area contributed by atoms with Crippen LogP contribution in [0.3, 0.4) is 0 Å². The fourth-order valence-electron chi connectivity index (χ4n) is 2.01. The molecule has 0 radical (unpaired) electrons. The van der Waals surface area contributed by atoms with Crippen LogP contribution in [0.25, 0.3) is 0 Å². The molecule has 2 N–H and O–H groups in total. The molecule has 94 valence electrons. The minimum atomic E-state index is -3.26. The van der Waals surface area contributed by atoms with Crippen LogP contribution in [0.4, 0.5) is 0 Å². The molecule has 1 unspecified atom stereocenters. The third-order valence-corrected chi connectivity index (χ3v) is 4.80. The van der Waals surface area contributed by atoms with Gasteiger partial charge in [0.1, 0.15) is 0 Å². The Morgan fingerprint density at radius 2 is 2.12 bits per heavy atom. The van der Waals surface area contributed by atoms with Gasteiger partial charge in [-0.15, -0.1) is 0 Å². The van der Waals surface area contributed by atoms with Crippen molar-refractivity contribution >= 4 is 10.2 Å². The summed E-state index contributed by atoms with van der Waals surface area (Å²) in [5.74, 6) is 0.589. The van der Waals surface area contributed by atoms with Crippen LogP contribution in [0.2, 0.25) is 0 Å². The molecular weight excluding hydrogens is 226 g/mol. The summed E-state index contributed by atoms with van der Waals surface area (Å²) >= 11 is 0. The van der Waals surface area contributed by atoms with E-state index >= 15 is 0 Å². The summed E-state index contributed by atoms with van der Waals surface area (Å²) in [6.45, 7) is 2.18. The van der Waals surface area contributed by atoms with Gasteiger partial charge in [-0.25, -0.2) is 4.72 Å². The van der Waals surface area contributed by atoms with Crippen LogP contribution < -0.4 is 10.0 Å². The second-order valence-corrected chi connectivity index (χ2v) is 6.73. The zero-order chi connectivity index (χ0) is 11.6. The molecule has 0 amide bonds. The Bertz CT molecular complexity index is 321. The highest BCUT2D eigenvalue weighted by molar-refractivity contribution is 7.87. The summed E-state index contributed by atoms with van der Waals surface area (Å²) in [7, 11) is -1.60. The van der Waals surface area contributed by atoms with E-state index in [2.05, 4.69) is 10.0 Å². The van der Waals surface area contributed by atoms with Gasteiger partial charge < -0.3 is 5.32 Å². The van der Waals surface area contributed by atoms with E-state index in [-0.39, 0.29) is 0 Å². The number of hydrogen-bond donors (Lipinski definition) is 2. The molecule has 0 bridgehead atoms. The quantitative estimate of drug-likeness (QED) is 0.690. The zero-order valence-corrected chi connectivity index (χ0v) is 10.6. The first-order valence-electron chi connectivity index (χ1n) is 6.02. The Kier molecular flexibility index (Phi) is 3.84. The van der Waals surface area contributed by atoms with Crippen molar-refractivity contribution < 1.29 is 8.42 Å². The molecule has 5 nitrogen and oxygen atoms in total. The molecule has 1 aliphatic heterocycles. The first kappa shape index (κ1) is 12.3. The Labute approximate surface area is 97.8 Å². The van der Waals surface area contributed by atoms with Crippen LogP contribution >= 0.6 is 0 Å². The summed E-state index contributed by atoms with van der Waals surface area (Å²) in [6, 6.07) is 0.309. The van der Waals surface area contributed by atoms with Crippen molar-refractivity contribution in [1.29, 1.82) is 0 Å². The first-order chi connectivity index (χ1) is 7.58. The zero-order valence-electron chi connectivity index (χ0n) is 9.78. The molecule has 1 aliphatic carbocycles. The average molecular weight is 247 g/mol. The van der Waals surface area contributed by atoms with Gasteiger partial charge in [-0.3, -0.25) is 0 Å². The molecule has 0 aromatic carbocycles. The fourth-order valence-corrected chi connectivity index (χ4v) is 3.05. The highest BCUT2D eigenvalue weighted by Crippen LogP contribution is 2.29. The summed E-state index contributed by atoms with van der Waals surface area (Å²) in [5, 5.41) is 3.28. The summed E-state index contributed by atoms with van der Waals surface area (Å²) in [4.78, 5) is 0. The Morgan fingerprint density at radius 1 is 1.38 bits per heavy atom. The molecule has 1 saturated heterocycles. The molecule has 0 aromatic heterocycles. The summed E-state index contributed by atoms with van der Waals surface area (Å²) in [5.41, 5.74) is 0. The van der Waals surface area contributed by atoms with E-state index in [1.807, 2.05) is 0 Å². The largest absolute Gasteiger partial charge is 0.313 e. The topological polar surface area (TPSA) is 61.4 Å². The van der Waals surface area contributed by atoms with Crippen molar-refractivity contribution in [3.05, 3.63) is 0 Å². The number of nitrogens with one attached hydrogen (secondary N) is 2. The minimum absolute atomic E-state index is 0.309. The third-order valence-electron chi connectivity index (χ3n) is 3.30. The van der Waals surface area contributed by atoms with Crippen molar-refractivity contribution in [2.45, 2.75) is 31.7 Å². The van der Waals surface area contributed by atoms with Crippen LogP contribution in [-0.2, 0) is 10.2 Å². The molecule has 0 aromatic rings. The van der Waals surface area contributed by atoms with E-state index in [1.54, 1.807) is 7.05 Å². The van der Waals surface area contributed by atoms with Gasteiger partial charge in [0.25, 0.3) is 10.2 Å². The summed E-state index contributed by atoms with van der Waals surface area (Å²) < 4.78 is 27.8. The highest BCUT2D eigenvalue weighted by Gasteiger charge is 2.28. The number of hydrogen-bond acceptors (Lipinski definition) is 3. The van der Waals surface area contributed by atoms with E-state index in [1.165, 1.54) is 17.1 Å². The number of nitrogens with zero attached hydrogens (tertiary/aromatic N) is 1. The second kappa shape index (κ2) is 5.00. The van der Waals surface area contributed by atoms with Gasteiger partial charge in [0, 0.05) is 26.2 Å². The molecule has 1 saturated carbocycles. The molecule has 2 aliphatic rings. The van der Waals surface area contributed by atoms with Crippen molar-refractivity contribution in [2.24, 2.45) is 5.92 Å². The minimum Gasteiger partial charge on any atom is -0.313 e. The molecule has 6 heteroatoms. The smallest absolute Gasteiger partial charge is 0.279 e. The van der Waals surface area contributed by atoms with Gasteiger partial charge >= 0.3 is 0 Å². The van der Waals surface area contributed by atoms with Crippen LogP contribution in [0.5, 0.6) is 0 Å². The predicted octanol–water partition coefficient (Wildman–Crippen LogP) is -0.0854. The Hall–Kier alpha value is -0.170. The maximum absolute atomic E-state index is 11.8. The van der Waals surface area contributed by atoms with Crippen molar-refractivity contribution in [3.63, 3.8) is 0 Å². The van der Waals surface area contributed by atoms with Crippen molar-refractivity contribution in [2.75, 3.05) is 26.7 Å². The lowest BCUT2D eigenvalue weighted by Gasteiger charge is -2.19.